The molecule has 0 aliphatic heterocycles. The van der Waals surface area contributed by atoms with Gasteiger partial charge in [0.25, 0.3) is 0 Å². The van der Waals surface area contributed by atoms with Gasteiger partial charge in [-0.25, -0.2) is 0 Å². The molecule has 0 bridgehead atoms. The van der Waals surface area contributed by atoms with Gasteiger partial charge in [0.2, 0.25) is 0 Å². The SMILES string of the molecule is CCC(C(=O)c1ccc(C(C)C)c(OS(N)(=O)=O)c1C(C)C)c1ccccc1. The molecular weight excluding hydrogens is 374 g/mol. The fraction of sp³-hybridized carbons (Fsp3) is 0.409. The van der Waals surface area contributed by atoms with Gasteiger partial charge in [-0.05, 0) is 29.4 Å². The molecule has 0 aliphatic rings. The molecule has 0 saturated carbocycles. The minimum absolute atomic E-state index is 0.00879. The number of carbonyl (C=O) groups excluding carboxylic acids is 1. The van der Waals surface area contributed by atoms with Crippen LogP contribution < -0.4 is 9.32 Å². The highest BCUT2D eigenvalue weighted by atomic mass is 32.2. The van der Waals surface area contributed by atoms with Gasteiger partial charge < -0.3 is 4.18 Å². The van der Waals surface area contributed by atoms with E-state index < -0.39 is 10.3 Å². The molecule has 5 nitrogen and oxygen atoms in total. The average Bonchev–Trinajstić information content (AvgIpc) is 2.60. The molecule has 0 fully saturated rings. The zero-order valence-electron chi connectivity index (χ0n) is 17.1. The van der Waals surface area contributed by atoms with Gasteiger partial charge in [0.05, 0.1) is 0 Å². The van der Waals surface area contributed by atoms with E-state index in [4.69, 9.17) is 9.32 Å². The molecule has 2 rings (SSSR count). The average molecular weight is 404 g/mol. The van der Waals surface area contributed by atoms with E-state index in [-0.39, 0.29) is 29.3 Å². The molecule has 1 atom stereocenters. The number of rotatable bonds is 8. The lowest BCUT2D eigenvalue weighted by molar-refractivity contribution is 0.0955. The fourth-order valence-electron chi connectivity index (χ4n) is 3.51. The molecule has 28 heavy (non-hydrogen) atoms. The lowest BCUT2D eigenvalue weighted by atomic mass is 9.82. The normalized spacial score (nSPS) is 13.0. The summed E-state index contributed by atoms with van der Waals surface area (Å²) in [6, 6.07) is 13.2. The van der Waals surface area contributed by atoms with Crippen molar-refractivity contribution in [3.05, 3.63) is 64.7 Å². The number of hydrogen-bond acceptors (Lipinski definition) is 4. The molecule has 0 aliphatic carbocycles. The van der Waals surface area contributed by atoms with Gasteiger partial charge >= 0.3 is 10.3 Å². The molecule has 2 N–H and O–H groups in total. The fourth-order valence-corrected chi connectivity index (χ4v) is 3.93. The Hall–Kier alpha value is -2.18. The van der Waals surface area contributed by atoms with Gasteiger partial charge in [-0.3, -0.25) is 4.79 Å². The predicted octanol–water partition coefficient (Wildman–Crippen LogP) is 4.89. The quantitative estimate of drug-likeness (QED) is 0.636. The zero-order valence-corrected chi connectivity index (χ0v) is 17.9. The summed E-state index contributed by atoms with van der Waals surface area (Å²) in [4.78, 5) is 13.5. The van der Waals surface area contributed by atoms with Crippen molar-refractivity contribution < 1.29 is 17.4 Å². The highest BCUT2D eigenvalue weighted by Crippen LogP contribution is 2.39. The number of nitrogens with two attached hydrogens (primary N) is 1. The maximum atomic E-state index is 13.5. The molecule has 1 unspecified atom stereocenters. The number of carbonyl (C=O) groups is 1. The molecule has 0 aromatic heterocycles. The summed E-state index contributed by atoms with van der Waals surface area (Å²) in [7, 11) is -4.22. The summed E-state index contributed by atoms with van der Waals surface area (Å²) in [5.41, 5.74) is 2.71. The van der Waals surface area contributed by atoms with E-state index in [1.54, 1.807) is 12.1 Å². The standard InChI is InChI=1S/C22H29NO4S/c1-6-17(16-10-8-7-9-11-16)21(24)19-13-12-18(14(2)3)22(20(19)15(4)5)27-28(23,25)26/h7-15,17H,6H2,1-5H3,(H2,23,25,26). The molecule has 0 spiro atoms. The first-order valence-electron chi connectivity index (χ1n) is 9.54. The number of benzene rings is 2. The smallest absolute Gasteiger partial charge is 0.370 e. The zero-order chi connectivity index (χ0) is 21.1. The minimum atomic E-state index is -4.22. The maximum Gasteiger partial charge on any atom is 0.380 e. The summed E-state index contributed by atoms with van der Waals surface area (Å²) in [5, 5.41) is 5.17. The Morgan fingerprint density at radius 3 is 2.07 bits per heavy atom. The van der Waals surface area contributed by atoms with Crippen molar-refractivity contribution in [1.82, 2.24) is 0 Å². The molecular formula is C22H29NO4S. The number of Topliss-reactive ketones (excluding diaryl/α,β-unsaturated/α-hetero) is 1. The van der Waals surface area contributed by atoms with Gasteiger partial charge in [0.15, 0.2) is 11.5 Å². The molecule has 2 aromatic carbocycles. The lowest BCUT2D eigenvalue weighted by Gasteiger charge is -2.23. The number of hydrogen-bond donors (Lipinski definition) is 1. The van der Waals surface area contributed by atoms with Crippen molar-refractivity contribution in [2.75, 3.05) is 0 Å². The van der Waals surface area contributed by atoms with E-state index in [9.17, 15) is 13.2 Å². The topological polar surface area (TPSA) is 86.5 Å². The van der Waals surface area contributed by atoms with Crippen molar-refractivity contribution in [3.63, 3.8) is 0 Å². The maximum absolute atomic E-state index is 13.5. The Morgan fingerprint density at radius 2 is 1.61 bits per heavy atom. The first-order chi connectivity index (χ1) is 13.1. The van der Waals surface area contributed by atoms with E-state index in [2.05, 4.69) is 0 Å². The lowest BCUT2D eigenvalue weighted by Crippen LogP contribution is -2.22. The third-order valence-corrected chi connectivity index (χ3v) is 5.22. The molecule has 0 heterocycles. The molecule has 0 saturated heterocycles. The van der Waals surface area contributed by atoms with Crippen LogP contribution in [0.1, 0.15) is 85.8 Å². The molecule has 2 aromatic rings. The highest BCUT2D eigenvalue weighted by Gasteiger charge is 2.28. The van der Waals surface area contributed by atoms with E-state index in [1.165, 1.54) is 0 Å². The van der Waals surface area contributed by atoms with Gasteiger partial charge in [-0.2, -0.15) is 13.6 Å². The van der Waals surface area contributed by atoms with Gasteiger partial charge in [0, 0.05) is 17.0 Å². The summed E-state index contributed by atoms with van der Waals surface area (Å²) < 4.78 is 28.6. The molecule has 152 valence electrons. The molecule has 0 radical (unpaired) electrons. The van der Waals surface area contributed by atoms with Crippen molar-refractivity contribution in [3.8, 4) is 5.75 Å². The summed E-state index contributed by atoms with van der Waals surface area (Å²) in [5.74, 6) is -0.295. The van der Waals surface area contributed by atoms with Crippen LogP contribution in [0.5, 0.6) is 5.75 Å². The van der Waals surface area contributed by atoms with Gasteiger partial charge in [-0.15, -0.1) is 0 Å². The van der Waals surface area contributed by atoms with Crippen molar-refractivity contribution >= 4 is 16.1 Å². The Bertz CT molecular complexity index is 935. The summed E-state index contributed by atoms with van der Waals surface area (Å²) in [6.07, 6.45) is 0.637. The second kappa shape index (κ2) is 8.88. The van der Waals surface area contributed by atoms with E-state index in [1.807, 2.05) is 65.0 Å². The van der Waals surface area contributed by atoms with Gasteiger partial charge in [-0.1, -0.05) is 77.1 Å². The summed E-state index contributed by atoms with van der Waals surface area (Å²) in [6.45, 7) is 9.67. The van der Waals surface area contributed by atoms with Crippen LogP contribution in [0.25, 0.3) is 0 Å². The Morgan fingerprint density at radius 1 is 1.00 bits per heavy atom. The van der Waals surface area contributed by atoms with Crippen LogP contribution in [-0.4, -0.2) is 14.2 Å². The summed E-state index contributed by atoms with van der Waals surface area (Å²) >= 11 is 0. The third kappa shape index (κ3) is 5.00. The van der Waals surface area contributed by atoms with Crippen LogP contribution in [0, 0.1) is 0 Å². The van der Waals surface area contributed by atoms with E-state index >= 15 is 0 Å². The van der Waals surface area contributed by atoms with Crippen LogP contribution >= 0.6 is 0 Å². The van der Waals surface area contributed by atoms with E-state index in [0.29, 0.717) is 23.1 Å². The Kier molecular flexibility index (Phi) is 7.01. The minimum Gasteiger partial charge on any atom is -0.370 e. The van der Waals surface area contributed by atoms with Crippen LogP contribution in [0.4, 0.5) is 0 Å². The monoisotopic (exact) mass is 403 g/mol. The predicted molar refractivity (Wildman–Crippen MR) is 112 cm³/mol. The number of ketones is 1. The first kappa shape index (κ1) is 22.1. The Balaban J connectivity index is 2.69. The highest BCUT2D eigenvalue weighted by molar-refractivity contribution is 7.84. The van der Waals surface area contributed by atoms with Crippen molar-refractivity contribution in [2.45, 2.75) is 58.8 Å². The van der Waals surface area contributed by atoms with Crippen LogP contribution in [0.3, 0.4) is 0 Å². The van der Waals surface area contributed by atoms with Crippen molar-refractivity contribution in [1.29, 1.82) is 0 Å². The van der Waals surface area contributed by atoms with Crippen LogP contribution in [0.15, 0.2) is 42.5 Å². The van der Waals surface area contributed by atoms with Gasteiger partial charge in [0.1, 0.15) is 0 Å². The first-order valence-corrected chi connectivity index (χ1v) is 11.0. The van der Waals surface area contributed by atoms with Crippen LogP contribution in [-0.2, 0) is 10.3 Å². The third-order valence-electron chi connectivity index (χ3n) is 4.82. The Labute approximate surface area is 168 Å². The second-order valence-corrected chi connectivity index (χ2v) is 8.72. The van der Waals surface area contributed by atoms with E-state index in [0.717, 1.165) is 5.56 Å². The van der Waals surface area contributed by atoms with Crippen molar-refractivity contribution in [2.24, 2.45) is 5.14 Å². The molecule has 6 heteroatoms. The molecule has 0 amide bonds. The van der Waals surface area contributed by atoms with Crippen LogP contribution in [0.2, 0.25) is 0 Å². The second-order valence-electron chi connectivity index (χ2n) is 7.57. The largest absolute Gasteiger partial charge is 0.380 e.